The second-order valence-corrected chi connectivity index (χ2v) is 5.54. The molecule has 0 saturated heterocycles. The van der Waals surface area contributed by atoms with Gasteiger partial charge in [0.2, 0.25) is 0 Å². The molecule has 2 heteroatoms. The largest absolute Gasteiger partial charge is 0.370 e. The first-order valence-electron chi connectivity index (χ1n) is 6.64. The smallest absolute Gasteiger partial charge is 0.0403 e. The van der Waals surface area contributed by atoms with Gasteiger partial charge in [0.1, 0.15) is 0 Å². The second kappa shape index (κ2) is 5.09. The van der Waals surface area contributed by atoms with E-state index in [4.69, 9.17) is 0 Å². The van der Waals surface area contributed by atoms with Crippen molar-refractivity contribution in [1.82, 2.24) is 5.32 Å². The van der Waals surface area contributed by atoms with Crippen LogP contribution in [0, 0.1) is 5.92 Å². The van der Waals surface area contributed by atoms with E-state index in [9.17, 15) is 0 Å². The molecule has 0 fully saturated rings. The number of para-hydroxylation sites is 1. The number of hydrogen-bond acceptors (Lipinski definition) is 2. The zero-order valence-corrected chi connectivity index (χ0v) is 11.4. The highest BCUT2D eigenvalue weighted by molar-refractivity contribution is 5.60. The molecule has 0 aliphatic carbocycles. The van der Waals surface area contributed by atoms with Crippen molar-refractivity contribution >= 4 is 5.69 Å². The zero-order valence-electron chi connectivity index (χ0n) is 11.4. The molecule has 0 radical (unpaired) electrons. The number of likely N-dealkylation sites (N-methyl/N-ethyl adjacent to an activating group) is 1. The van der Waals surface area contributed by atoms with Crippen molar-refractivity contribution in [3.63, 3.8) is 0 Å². The molecule has 0 saturated carbocycles. The lowest BCUT2D eigenvalue weighted by molar-refractivity contribution is 0.498. The van der Waals surface area contributed by atoms with Gasteiger partial charge < -0.3 is 10.2 Å². The van der Waals surface area contributed by atoms with Crippen LogP contribution in [0.3, 0.4) is 0 Å². The van der Waals surface area contributed by atoms with E-state index in [1.807, 2.05) is 0 Å². The molecule has 0 bridgehead atoms. The molecule has 2 nitrogen and oxygen atoms in total. The topological polar surface area (TPSA) is 15.3 Å². The predicted molar refractivity (Wildman–Crippen MR) is 74.8 cm³/mol. The average Bonchev–Trinajstić information content (AvgIpc) is 2.67. The third kappa shape index (κ3) is 2.47. The van der Waals surface area contributed by atoms with Crippen molar-refractivity contribution in [3.8, 4) is 0 Å². The first-order chi connectivity index (χ1) is 8.13. The molecule has 0 aromatic heterocycles. The van der Waals surface area contributed by atoms with Gasteiger partial charge in [0.25, 0.3) is 0 Å². The predicted octanol–water partition coefficient (Wildman–Crippen LogP) is 2.85. The minimum absolute atomic E-state index is 0.535. The highest BCUT2D eigenvalue weighted by Gasteiger charge is 2.31. The summed E-state index contributed by atoms with van der Waals surface area (Å²) < 4.78 is 0. The summed E-state index contributed by atoms with van der Waals surface area (Å²) >= 11 is 0. The molecule has 17 heavy (non-hydrogen) atoms. The fourth-order valence-corrected chi connectivity index (χ4v) is 2.77. The van der Waals surface area contributed by atoms with Gasteiger partial charge in [-0.15, -0.1) is 0 Å². The van der Waals surface area contributed by atoms with Crippen molar-refractivity contribution in [3.05, 3.63) is 29.8 Å². The van der Waals surface area contributed by atoms with Crippen LogP contribution in [0.25, 0.3) is 0 Å². The highest BCUT2D eigenvalue weighted by Crippen LogP contribution is 2.38. The van der Waals surface area contributed by atoms with Crippen LogP contribution in [0.15, 0.2) is 24.3 Å². The molecule has 1 heterocycles. The summed E-state index contributed by atoms with van der Waals surface area (Å²) in [7, 11) is 2.05. The third-order valence-corrected chi connectivity index (χ3v) is 3.74. The van der Waals surface area contributed by atoms with E-state index in [2.05, 4.69) is 62.3 Å². The van der Waals surface area contributed by atoms with Crippen molar-refractivity contribution < 1.29 is 0 Å². The Morgan fingerprint density at radius 3 is 2.65 bits per heavy atom. The molecular weight excluding hydrogens is 208 g/mol. The molecule has 1 N–H and O–H groups in total. The van der Waals surface area contributed by atoms with Crippen LogP contribution in [0.5, 0.6) is 0 Å². The van der Waals surface area contributed by atoms with E-state index in [-0.39, 0.29) is 0 Å². The summed E-state index contributed by atoms with van der Waals surface area (Å²) in [4.78, 5) is 2.54. The molecule has 2 rings (SSSR count). The van der Waals surface area contributed by atoms with Gasteiger partial charge in [0.15, 0.2) is 0 Å². The van der Waals surface area contributed by atoms with Crippen molar-refractivity contribution in [2.24, 2.45) is 5.92 Å². The van der Waals surface area contributed by atoms with E-state index in [1.165, 1.54) is 11.3 Å². The van der Waals surface area contributed by atoms with Gasteiger partial charge >= 0.3 is 0 Å². The summed E-state index contributed by atoms with van der Waals surface area (Å²) in [5, 5.41) is 3.39. The fourth-order valence-electron chi connectivity index (χ4n) is 2.77. The van der Waals surface area contributed by atoms with Crippen LogP contribution < -0.4 is 10.2 Å². The summed E-state index contributed by atoms with van der Waals surface area (Å²) in [5.41, 5.74) is 2.95. The number of fused-ring (bicyclic) bond motifs is 1. The Kier molecular flexibility index (Phi) is 3.72. The van der Waals surface area contributed by atoms with Gasteiger partial charge in [-0.2, -0.15) is 0 Å². The van der Waals surface area contributed by atoms with Crippen LogP contribution in [0.4, 0.5) is 5.69 Å². The Hall–Kier alpha value is -1.02. The minimum atomic E-state index is 0.535. The Morgan fingerprint density at radius 2 is 2.00 bits per heavy atom. The Labute approximate surface area is 105 Å². The average molecular weight is 232 g/mol. The summed E-state index contributed by atoms with van der Waals surface area (Å²) in [5.74, 6) is 1.33. The van der Waals surface area contributed by atoms with Gasteiger partial charge in [-0.3, -0.25) is 0 Å². The summed E-state index contributed by atoms with van der Waals surface area (Å²) in [6.45, 7) is 9.17. The second-order valence-electron chi connectivity index (χ2n) is 5.54. The molecule has 1 aliphatic heterocycles. The van der Waals surface area contributed by atoms with Gasteiger partial charge in [-0.1, -0.05) is 32.0 Å². The third-order valence-electron chi connectivity index (χ3n) is 3.74. The number of anilines is 1. The molecule has 0 amide bonds. The number of nitrogens with zero attached hydrogens (tertiary/aromatic N) is 1. The normalized spacial score (nSPS) is 20.8. The molecule has 1 aliphatic rings. The van der Waals surface area contributed by atoms with E-state index >= 15 is 0 Å². The number of hydrogen-bond donors (Lipinski definition) is 1. The molecule has 2 unspecified atom stereocenters. The minimum Gasteiger partial charge on any atom is -0.370 e. The van der Waals surface area contributed by atoms with Crippen LogP contribution in [0.2, 0.25) is 0 Å². The first-order valence-corrected chi connectivity index (χ1v) is 6.64. The van der Waals surface area contributed by atoms with Gasteiger partial charge in [0.05, 0.1) is 0 Å². The maximum atomic E-state index is 3.39. The molecular formula is C15H24N2. The van der Waals surface area contributed by atoms with Crippen LogP contribution in [-0.2, 0) is 0 Å². The monoisotopic (exact) mass is 232 g/mol. The quantitative estimate of drug-likeness (QED) is 0.858. The number of rotatable bonds is 4. The van der Waals surface area contributed by atoms with E-state index in [0.717, 1.165) is 13.1 Å². The fraction of sp³-hybridized carbons (Fsp3) is 0.600. The van der Waals surface area contributed by atoms with E-state index < -0.39 is 0 Å². The summed E-state index contributed by atoms with van der Waals surface area (Å²) in [6, 6.07) is 9.40. The molecule has 1 aromatic carbocycles. The van der Waals surface area contributed by atoms with Crippen LogP contribution in [0.1, 0.15) is 32.3 Å². The van der Waals surface area contributed by atoms with Crippen LogP contribution >= 0.6 is 0 Å². The lowest BCUT2D eigenvalue weighted by Gasteiger charge is -2.23. The zero-order chi connectivity index (χ0) is 12.4. The standard InChI is InChI=1S/C15H24N2/c1-11(2)9-17-10-14(12(3)16-4)13-7-5-6-8-15(13)17/h5-8,11-12,14,16H,9-10H2,1-4H3. The van der Waals surface area contributed by atoms with E-state index in [0.29, 0.717) is 17.9 Å². The molecule has 94 valence electrons. The molecule has 2 atom stereocenters. The Bertz CT molecular complexity index is 373. The SMILES string of the molecule is CNC(C)C1CN(CC(C)C)c2ccccc21. The van der Waals surface area contributed by atoms with Gasteiger partial charge in [-0.05, 0) is 31.5 Å². The molecule has 0 spiro atoms. The first kappa shape index (κ1) is 12.4. The molecule has 1 aromatic rings. The maximum absolute atomic E-state index is 3.39. The lowest BCUT2D eigenvalue weighted by atomic mass is 9.95. The van der Waals surface area contributed by atoms with Gasteiger partial charge in [0, 0.05) is 30.7 Å². The Balaban J connectivity index is 2.26. The highest BCUT2D eigenvalue weighted by atomic mass is 15.2. The van der Waals surface area contributed by atoms with E-state index in [1.54, 1.807) is 0 Å². The number of nitrogens with one attached hydrogen (secondary N) is 1. The Morgan fingerprint density at radius 1 is 1.29 bits per heavy atom. The number of benzene rings is 1. The van der Waals surface area contributed by atoms with Crippen molar-refractivity contribution in [1.29, 1.82) is 0 Å². The summed E-state index contributed by atoms with van der Waals surface area (Å²) in [6.07, 6.45) is 0. The maximum Gasteiger partial charge on any atom is 0.0403 e. The van der Waals surface area contributed by atoms with Crippen molar-refractivity contribution in [2.75, 3.05) is 25.0 Å². The lowest BCUT2D eigenvalue weighted by Crippen LogP contribution is -2.34. The van der Waals surface area contributed by atoms with Crippen LogP contribution in [-0.4, -0.2) is 26.2 Å². The van der Waals surface area contributed by atoms with Gasteiger partial charge in [-0.25, -0.2) is 0 Å². The van der Waals surface area contributed by atoms with Crippen molar-refractivity contribution in [2.45, 2.75) is 32.7 Å².